The molecule has 0 aliphatic rings. The van der Waals surface area contributed by atoms with E-state index in [1.54, 1.807) is 19.1 Å². The van der Waals surface area contributed by atoms with E-state index in [1.807, 2.05) is 30.3 Å². The van der Waals surface area contributed by atoms with Crippen LogP contribution in [-0.2, 0) is 10.0 Å². The van der Waals surface area contributed by atoms with E-state index in [-0.39, 0.29) is 17.3 Å². The number of anilines is 1. The molecule has 1 amide bonds. The van der Waals surface area contributed by atoms with E-state index in [0.717, 1.165) is 23.8 Å². The maximum absolute atomic E-state index is 12.8. The highest BCUT2D eigenvalue weighted by atomic mass is 32.2. The lowest BCUT2D eigenvalue weighted by Gasteiger charge is -2.17. The van der Waals surface area contributed by atoms with Crippen LogP contribution in [0.4, 0.5) is 11.4 Å². The number of hydrogen-bond donors (Lipinski definition) is 3. The maximum atomic E-state index is 12.8. The number of benzene rings is 3. The molecule has 0 aromatic heterocycles. The molecule has 0 saturated carbocycles. The number of carbonyl (C=O) groups is 1. The second kappa shape index (κ2) is 8.84. The number of hydrogen-bond acceptors (Lipinski definition) is 6. The summed E-state index contributed by atoms with van der Waals surface area (Å²) in [6, 6.07) is 17.7. The lowest BCUT2D eigenvalue weighted by molar-refractivity contribution is -0.386. The number of rotatable bonds is 7. The fourth-order valence-electron chi connectivity index (χ4n) is 2.89. The zero-order chi connectivity index (χ0) is 22.6. The molecule has 0 aliphatic carbocycles. The number of aromatic hydroxyl groups is 1. The van der Waals surface area contributed by atoms with E-state index in [0.29, 0.717) is 0 Å². The number of para-hydroxylation sites is 1. The Morgan fingerprint density at radius 2 is 1.68 bits per heavy atom. The zero-order valence-corrected chi connectivity index (χ0v) is 17.2. The highest BCUT2D eigenvalue weighted by Gasteiger charge is 2.23. The van der Waals surface area contributed by atoms with Gasteiger partial charge < -0.3 is 10.4 Å². The van der Waals surface area contributed by atoms with Gasteiger partial charge in [0.05, 0.1) is 27.1 Å². The van der Waals surface area contributed by atoms with Crippen molar-refractivity contribution in [1.82, 2.24) is 5.32 Å². The van der Waals surface area contributed by atoms with Crippen molar-refractivity contribution < 1.29 is 23.2 Å². The summed E-state index contributed by atoms with van der Waals surface area (Å²) in [7, 11) is -4.27. The monoisotopic (exact) mass is 441 g/mol. The Labute approximate surface area is 178 Å². The Balaban J connectivity index is 1.87. The third-order valence-electron chi connectivity index (χ3n) is 4.52. The van der Waals surface area contributed by atoms with Crippen molar-refractivity contribution in [2.45, 2.75) is 17.9 Å². The summed E-state index contributed by atoms with van der Waals surface area (Å²) in [6.45, 7) is 1.80. The number of nitrogens with one attached hydrogen (secondary N) is 2. The molecule has 9 nitrogen and oxygen atoms in total. The van der Waals surface area contributed by atoms with E-state index in [1.165, 1.54) is 12.1 Å². The van der Waals surface area contributed by atoms with Gasteiger partial charge in [-0.25, -0.2) is 8.42 Å². The SMILES string of the molecule is CC(NC(=O)c1ccccc1NS(=O)(=O)c1ccc(O)c([N+](=O)[O-])c1)c1ccccc1. The van der Waals surface area contributed by atoms with Crippen LogP contribution in [0.25, 0.3) is 0 Å². The first kappa shape index (κ1) is 21.8. The lowest BCUT2D eigenvalue weighted by atomic mass is 10.1. The maximum Gasteiger partial charge on any atom is 0.312 e. The molecule has 0 heterocycles. The van der Waals surface area contributed by atoms with Gasteiger partial charge in [0, 0.05) is 6.07 Å². The van der Waals surface area contributed by atoms with E-state index in [9.17, 15) is 28.4 Å². The van der Waals surface area contributed by atoms with Gasteiger partial charge in [-0.15, -0.1) is 0 Å². The molecule has 0 fully saturated rings. The molecule has 3 aromatic carbocycles. The first-order valence-electron chi connectivity index (χ1n) is 9.14. The molecular formula is C21H19N3O6S. The van der Waals surface area contributed by atoms with Crippen LogP contribution in [0.2, 0.25) is 0 Å². The van der Waals surface area contributed by atoms with Crippen LogP contribution >= 0.6 is 0 Å². The Morgan fingerprint density at radius 3 is 2.35 bits per heavy atom. The molecule has 3 N–H and O–H groups in total. The number of nitrogens with zero attached hydrogens (tertiary/aromatic N) is 1. The predicted octanol–water partition coefficient (Wildman–Crippen LogP) is 3.59. The quantitative estimate of drug-likeness (QED) is 0.378. The number of sulfonamides is 1. The number of amides is 1. The van der Waals surface area contributed by atoms with Gasteiger partial charge in [0.1, 0.15) is 0 Å². The highest BCUT2D eigenvalue weighted by Crippen LogP contribution is 2.29. The van der Waals surface area contributed by atoms with Crippen molar-refractivity contribution in [2.75, 3.05) is 4.72 Å². The Morgan fingerprint density at radius 1 is 1.03 bits per heavy atom. The summed E-state index contributed by atoms with van der Waals surface area (Å²) in [5, 5.41) is 23.4. The molecule has 1 atom stereocenters. The van der Waals surface area contributed by atoms with Crippen LogP contribution < -0.4 is 10.0 Å². The fraction of sp³-hybridized carbons (Fsp3) is 0.0952. The summed E-state index contributed by atoms with van der Waals surface area (Å²) >= 11 is 0. The van der Waals surface area contributed by atoms with Crippen LogP contribution in [0.3, 0.4) is 0 Å². The summed E-state index contributed by atoms with van der Waals surface area (Å²) in [5.41, 5.74) is 0.231. The minimum absolute atomic E-state index is 0.0102. The van der Waals surface area contributed by atoms with E-state index in [4.69, 9.17) is 0 Å². The number of phenolic OH excluding ortho intramolecular Hbond substituents is 1. The molecule has 31 heavy (non-hydrogen) atoms. The summed E-state index contributed by atoms with van der Waals surface area (Å²) in [4.78, 5) is 22.5. The van der Waals surface area contributed by atoms with Crippen molar-refractivity contribution >= 4 is 27.3 Å². The van der Waals surface area contributed by atoms with Crippen LogP contribution in [0.1, 0.15) is 28.9 Å². The summed E-state index contributed by atoms with van der Waals surface area (Å²) in [5.74, 6) is -1.15. The molecule has 10 heteroatoms. The minimum atomic E-state index is -4.27. The van der Waals surface area contributed by atoms with Gasteiger partial charge in [-0.2, -0.15) is 0 Å². The topological polar surface area (TPSA) is 139 Å². The van der Waals surface area contributed by atoms with E-state index >= 15 is 0 Å². The lowest BCUT2D eigenvalue weighted by Crippen LogP contribution is -2.28. The van der Waals surface area contributed by atoms with Crippen molar-refractivity contribution in [3.8, 4) is 5.75 Å². The van der Waals surface area contributed by atoms with E-state index < -0.39 is 37.2 Å². The normalized spacial score (nSPS) is 12.0. The molecule has 160 valence electrons. The van der Waals surface area contributed by atoms with Crippen LogP contribution in [0.15, 0.2) is 77.7 Å². The molecule has 0 saturated heterocycles. The largest absolute Gasteiger partial charge is 0.502 e. The van der Waals surface area contributed by atoms with E-state index in [2.05, 4.69) is 10.0 Å². The highest BCUT2D eigenvalue weighted by molar-refractivity contribution is 7.92. The van der Waals surface area contributed by atoms with Gasteiger partial charge >= 0.3 is 5.69 Å². The fourth-order valence-corrected chi connectivity index (χ4v) is 3.99. The molecule has 0 spiro atoms. The first-order valence-corrected chi connectivity index (χ1v) is 10.6. The first-order chi connectivity index (χ1) is 14.7. The molecule has 0 aliphatic heterocycles. The molecule has 1 unspecified atom stereocenters. The standard InChI is InChI=1S/C21H19N3O6S/c1-14(15-7-3-2-4-8-15)22-21(26)17-9-5-6-10-18(17)23-31(29,30)16-11-12-20(25)19(13-16)24(27)28/h2-14,23,25H,1H3,(H,22,26). The summed E-state index contributed by atoms with van der Waals surface area (Å²) < 4.78 is 27.8. The third-order valence-corrected chi connectivity index (χ3v) is 5.88. The average molecular weight is 441 g/mol. The third kappa shape index (κ3) is 4.98. The number of carbonyl (C=O) groups excluding carboxylic acids is 1. The smallest absolute Gasteiger partial charge is 0.312 e. The Bertz CT molecular complexity index is 1230. The second-order valence-electron chi connectivity index (χ2n) is 6.66. The number of nitro groups is 1. The van der Waals surface area contributed by atoms with Crippen LogP contribution in [-0.4, -0.2) is 24.4 Å². The van der Waals surface area contributed by atoms with Crippen molar-refractivity contribution in [1.29, 1.82) is 0 Å². The number of phenols is 1. The van der Waals surface area contributed by atoms with Gasteiger partial charge in [-0.1, -0.05) is 42.5 Å². The van der Waals surface area contributed by atoms with Crippen molar-refractivity contribution in [3.05, 3.63) is 94.0 Å². The Kier molecular flexibility index (Phi) is 6.21. The van der Waals surface area contributed by atoms with Crippen LogP contribution in [0, 0.1) is 10.1 Å². The summed E-state index contributed by atoms with van der Waals surface area (Å²) in [6.07, 6.45) is 0. The minimum Gasteiger partial charge on any atom is -0.502 e. The zero-order valence-electron chi connectivity index (χ0n) is 16.3. The van der Waals surface area contributed by atoms with Gasteiger partial charge in [0.15, 0.2) is 5.75 Å². The second-order valence-corrected chi connectivity index (χ2v) is 8.35. The van der Waals surface area contributed by atoms with Gasteiger partial charge in [-0.05, 0) is 36.8 Å². The average Bonchev–Trinajstić information content (AvgIpc) is 2.74. The van der Waals surface area contributed by atoms with Gasteiger partial charge in [0.2, 0.25) is 0 Å². The molecule has 3 aromatic rings. The molecule has 0 radical (unpaired) electrons. The molecule has 3 rings (SSSR count). The number of nitro benzene ring substituents is 1. The predicted molar refractivity (Wildman–Crippen MR) is 114 cm³/mol. The van der Waals surface area contributed by atoms with Crippen molar-refractivity contribution in [2.24, 2.45) is 0 Å². The van der Waals surface area contributed by atoms with Gasteiger partial charge in [0.25, 0.3) is 15.9 Å². The van der Waals surface area contributed by atoms with Gasteiger partial charge in [-0.3, -0.25) is 19.6 Å². The van der Waals surface area contributed by atoms with Crippen LogP contribution in [0.5, 0.6) is 5.75 Å². The Hall–Kier alpha value is -3.92. The molecular weight excluding hydrogens is 422 g/mol. The molecule has 0 bridgehead atoms. The van der Waals surface area contributed by atoms with Crippen molar-refractivity contribution in [3.63, 3.8) is 0 Å².